The molecule has 3 fully saturated rings. The fourth-order valence-electron chi connectivity index (χ4n) is 5.26. The molecule has 4 rings (SSSR count). The number of aliphatic hydroxyl groups is 1. The van der Waals surface area contributed by atoms with Gasteiger partial charge in [0, 0.05) is 0 Å². The zero-order valence-electron chi connectivity index (χ0n) is 10.4. The van der Waals surface area contributed by atoms with Crippen LogP contribution in [0.4, 0.5) is 0 Å². The number of hydrogen-bond donors (Lipinski definition) is 1. The van der Waals surface area contributed by atoms with Crippen LogP contribution in [0.25, 0.3) is 0 Å². The Labute approximate surface area is 103 Å². The molecular formula is C15H22O2. The highest BCUT2D eigenvalue weighted by Gasteiger charge is 2.62. The van der Waals surface area contributed by atoms with Gasteiger partial charge in [-0.05, 0) is 68.3 Å². The Hall–Kier alpha value is -0.500. The average Bonchev–Trinajstić information content (AvgIpc) is 3.00. The van der Waals surface area contributed by atoms with Gasteiger partial charge >= 0.3 is 0 Å². The van der Waals surface area contributed by atoms with Crippen molar-refractivity contribution in [1.82, 2.24) is 0 Å². The number of ether oxygens (including phenoxy) is 1. The number of hydrogen-bond acceptors (Lipinski definition) is 2. The van der Waals surface area contributed by atoms with E-state index < -0.39 is 5.60 Å². The summed E-state index contributed by atoms with van der Waals surface area (Å²) < 4.78 is 5.78. The topological polar surface area (TPSA) is 29.5 Å². The van der Waals surface area contributed by atoms with Crippen molar-refractivity contribution in [3.8, 4) is 0 Å². The maximum atomic E-state index is 11.1. The molecule has 3 saturated carbocycles. The van der Waals surface area contributed by atoms with Crippen LogP contribution >= 0.6 is 0 Å². The van der Waals surface area contributed by atoms with Gasteiger partial charge in [-0.1, -0.05) is 6.42 Å². The molecule has 2 bridgehead atoms. The van der Waals surface area contributed by atoms with Gasteiger partial charge in [-0.15, -0.1) is 0 Å². The third kappa shape index (κ3) is 1.31. The smallest absolute Gasteiger partial charge is 0.124 e. The molecule has 0 spiro atoms. The first-order chi connectivity index (χ1) is 8.29. The Morgan fingerprint density at radius 3 is 2.94 bits per heavy atom. The maximum Gasteiger partial charge on any atom is 0.124 e. The Morgan fingerprint density at radius 2 is 2.12 bits per heavy atom. The monoisotopic (exact) mass is 234 g/mol. The van der Waals surface area contributed by atoms with Crippen molar-refractivity contribution in [1.29, 1.82) is 0 Å². The third-order valence-electron chi connectivity index (χ3n) is 5.85. The van der Waals surface area contributed by atoms with E-state index in [0.717, 1.165) is 49.4 Å². The fourth-order valence-corrected chi connectivity index (χ4v) is 5.26. The van der Waals surface area contributed by atoms with Crippen LogP contribution < -0.4 is 0 Å². The molecule has 4 aliphatic rings. The standard InChI is InChI=1S/C15H22O2/c16-15(14-6-1-2-7-17-14)9-10-8-13(15)12-5-3-4-11(10)12/h6,10-13,16H,1-5,7-9H2. The van der Waals surface area contributed by atoms with Crippen molar-refractivity contribution in [3.63, 3.8) is 0 Å². The maximum absolute atomic E-state index is 11.1. The summed E-state index contributed by atoms with van der Waals surface area (Å²) in [5, 5.41) is 11.1. The highest BCUT2D eigenvalue weighted by Crippen LogP contribution is 2.64. The van der Waals surface area contributed by atoms with Crippen molar-refractivity contribution in [3.05, 3.63) is 11.8 Å². The van der Waals surface area contributed by atoms with Crippen LogP contribution in [0.15, 0.2) is 11.8 Å². The zero-order valence-corrected chi connectivity index (χ0v) is 10.4. The van der Waals surface area contributed by atoms with Crippen LogP contribution in [0.3, 0.4) is 0 Å². The van der Waals surface area contributed by atoms with E-state index in [2.05, 4.69) is 6.08 Å². The van der Waals surface area contributed by atoms with E-state index in [9.17, 15) is 5.11 Å². The summed E-state index contributed by atoms with van der Waals surface area (Å²) in [5.41, 5.74) is -0.587. The third-order valence-corrected chi connectivity index (χ3v) is 5.85. The number of rotatable bonds is 1. The molecule has 94 valence electrons. The van der Waals surface area contributed by atoms with E-state index in [0.29, 0.717) is 5.92 Å². The van der Waals surface area contributed by atoms with Gasteiger partial charge in [0.15, 0.2) is 0 Å². The summed E-state index contributed by atoms with van der Waals surface area (Å²) in [5.74, 6) is 3.95. The molecule has 0 saturated heterocycles. The molecule has 0 amide bonds. The second-order valence-corrected chi connectivity index (χ2v) is 6.55. The van der Waals surface area contributed by atoms with Gasteiger partial charge in [-0.2, -0.15) is 0 Å². The van der Waals surface area contributed by atoms with Gasteiger partial charge < -0.3 is 9.84 Å². The van der Waals surface area contributed by atoms with Crippen LogP contribution in [-0.2, 0) is 4.74 Å². The summed E-state index contributed by atoms with van der Waals surface area (Å²) in [6.45, 7) is 0.805. The molecule has 0 aromatic rings. The van der Waals surface area contributed by atoms with Gasteiger partial charge in [0.25, 0.3) is 0 Å². The Kier molecular flexibility index (Phi) is 2.15. The predicted octanol–water partition coefficient (Wildman–Crippen LogP) is 2.87. The van der Waals surface area contributed by atoms with Crippen molar-refractivity contribution < 1.29 is 9.84 Å². The van der Waals surface area contributed by atoms with E-state index in [1.807, 2.05) is 0 Å². The lowest BCUT2D eigenvalue weighted by Crippen LogP contribution is -2.44. The van der Waals surface area contributed by atoms with Gasteiger partial charge in [0.05, 0.1) is 6.61 Å². The lowest BCUT2D eigenvalue weighted by molar-refractivity contribution is -0.0606. The molecule has 1 aliphatic heterocycles. The normalized spacial score (nSPS) is 52.2. The molecule has 0 radical (unpaired) electrons. The Balaban J connectivity index is 1.65. The van der Waals surface area contributed by atoms with E-state index in [1.54, 1.807) is 0 Å². The largest absolute Gasteiger partial charge is 0.495 e. The molecule has 17 heavy (non-hydrogen) atoms. The number of allylic oxidation sites excluding steroid dienone is 1. The van der Waals surface area contributed by atoms with E-state index in [1.165, 1.54) is 25.7 Å². The second kappa shape index (κ2) is 3.50. The summed E-state index contributed by atoms with van der Waals surface area (Å²) in [6, 6.07) is 0. The highest BCUT2D eigenvalue weighted by molar-refractivity contribution is 5.23. The van der Waals surface area contributed by atoms with Crippen LogP contribution in [-0.4, -0.2) is 17.3 Å². The van der Waals surface area contributed by atoms with Crippen LogP contribution in [0, 0.1) is 23.7 Å². The Morgan fingerprint density at radius 1 is 1.24 bits per heavy atom. The molecule has 0 aromatic carbocycles. The van der Waals surface area contributed by atoms with Crippen LogP contribution in [0.2, 0.25) is 0 Å². The molecule has 2 nitrogen and oxygen atoms in total. The SMILES string of the molecule is OC1(C2=CCCCO2)CC2CC1C1CCCC21. The van der Waals surface area contributed by atoms with E-state index in [4.69, 9.17) is 4.74 Å². The van der Waals surface area contributed by atoms with Crippen molar-refractivity contribution in [2.24, 2.45) is 23.7 Å². The fraction of sp³-hybridized carbons (Fsp3) is 0.867. The molecule has 2 heteroatoms. The summed E-state index contributed by atoms with van der Waals surface area (Å²) >= 11 is 0. The minimum Gasteiger partial charge on any atom is -0.495 e. The number of fused-ring (bicyclic) bond motifs is 5. The summed E-state index contributed by atoms with van der Waals surface area (Å²) in [7, 11) is 0. The first kappa shape index (κ1) is 10.4. The lowest BCUT2D eigenvalue weighted by Gasteiger charge is -2.40. The molecule has 0 aromatic heterocycles. The predicted molar refractivity (Wildman–Crippen MR) is 65.3 cm³/mol. The average molecular weight is 234 g/mol. The van der Waals surface area contributed by atoms with E-state index in [-0.39, 0.29) is 0 Å². The molecule has 1 N–H and O–H groups in total. The first-order valence-corrected chi connectivity index (χ1v) is 7.35. The van der Waals surface area contributed by atoms with Crippen LogP contribution in [0.1, 0.15) is 44.9 Å². The zero-order chi connectivity index (χ0) is 11.5. The molecule has 3 aliphatic carbocycles. The first-order valence-electron chi connectivity index (χ1n) is 7.35. The van der Waals surface area contributed by atoms with Crippen molar-refractivity contribution in [2.45, 2.75) is 50.5 Å². The van der Waals surface area contributed by atoms with Gasteiger partial charge in [-0.25, -0.2) is 0 Å². The van der Waals surface area contributed by atoms with Crippen molar-refractivity contribution >= 4 is 0 Å². The molecule has 5 atom stereocenters. The second-order valence-electron chi connectivity index (χ2n) is 6.55. The molecule has 5 unspecified atom stereocenters. The summed E-state index contributed by atoms with van der Waals surface area (Å²) in [6.07, 6.45) is 10.7. The van der Waals surface area contributed by atoms with Gasteiger partial charge in [-0.3, -0.25) is 0 Å². The summed E-state index contributed by atoms with van der Waals surface area (Å²) in [4.78, 5) is 0. The lowest BCUT2D eigenvalue weighted by atomic mass is 9.71. The molecule has 1 heterocycles. The highest BCUT2D eigenvalue weighted by atomic mass is 16.5. The van der Waals surface area contributed by atoms with E-state index >= 15 is 0 Å². The van der Waals surface area contributed by atoms with Gasteiger partial charge in [0.2, 0.25) is 0 Å². The molecular weight excluding hydrogens is 212 g/mol. The minimum absolute atomic E-state index is 0.504. The minimum atomic E-state index is -0.587. The van der Waals surface area contributed by atoms with Gasteiger partial charge in [0.1, 0.15) is 11.4 Å². The Bertz CT molecular complexity index is 362. The quantitative estimate of drug-likeness (QED) is 0.756. The van der Waals surface area contributed by atoms with Crippen LogP contribution in [0.5, 0.6) is 0 Å². The van der Waals surface area contributed by atoms with Crippen molar-refractivity contribution in [2.75, 3.05) is 6.61 Å².